The van der Waals surface area contributed by atoms with Gasteiger partial charge in [0.1, 0.15) is 0 Å². The monoisotopic (exact) mass is 182 g/mol. The van der Waals surface area contributed by atoms with E-state index in [1.54, 1.807) is 12.4 Å². The third-order valence-corrected chi connectivity index (χ3v) is 1.39. The van der Waals surface area contributed by atoms with Crippen LogP contribution in [0.15, 0.2) is 12.4 Å². The van der Waals surface area contributed by atoms with Gasteiger partial charge in [-0.15, -0.1) is 0 Å². The molecule has 1 heterocycles. The quantitative estimate of drug-likeness (QED) is 0.742. The van der Waals surface area contributed by atoms with E-state index in [0.29, 0.717) is 0 Å². The van der Waals surface area contributed by atoms with E-state index in [-0.39, 0.29) is 6.01 Å². The number of carboxylic acids is 1. The number of ether oxygens (including phenoxy) is 1. The smallest absolute Gasteiger partial charge is 0.344 e. The molecular formula is C8H10N2O3. The Morgan fingerprint density at radius 2 is 2.08 bits per heavy atom. The highest BCUT2D eigenvalue weighted by molar-refractivity contribution is 5.72. The first kappa shape index (κ1) is 9.44. The first-order valence-corrected chi connectivity index (χ1v) is 3.77. The second kappa shape index (κ2) is 3.84. The van der Waals surface area contributed by atoms with Gasteiger partial charge in [0, 0.05) is 12.4 Å². The molecule has 0 fully saturated rings. The molecule has 1 N–H and O–H groups in total. The fourth-order valence-corrected chi connectivity index (χ4v) is 0.650. The van der Waals surface area contributed by atoms with Crippen molar-refractivity contribution in [3.63, 3.8) is 0 Å². The molecule has 5 nitrogen and oxygen atoms in total. The fourth-order valence-electron chi connectivity index (χ4n) is 0.650. The SMILES string of the molecule is Cc1cnc(OC(C)C(=O)O)nc1. The van der Waals surface area contributed by atoms with Crippen LogP contribution >= 0.6 is 0 Å². The molecule has 1 aromatic rings. The summed E-state index contributed by atoms with van der Waals surface area (Å²) in [7, 11) is 0. The lowest BCUT2D eigenvalue weighted by molar-refractivity contribution is -0.144. The van der Waals surface area contributed by atoms with E-state index in [1.807, 2.05) is 6.92 Å². The molecule has 1 atom stereocenters. The zero-order valence-corrected chi connectivity index (χ0v) is 7.39. The Kier molecular flexibility index (Phi) is 2.79. The van der Waals surface area contributed by atoms with Gasteiger partial charge in [-0.2, -0.15) is 0 Å². The van der Waals surface area contributed by atoms with Gasteiger partial charge in [0.15, 0.2) is 6.10 Å². The molecule has 5 heteroatoms. The van der Waals surface area contributed by atoms with Crippen LogP contribution in [0.2, 0.25) is 0 Å². The Morgan fingerprint density at radius 3 is 2.54 bits per heavy atom. The van der Waals surface area contributed by atoms with Crippen LogP contribution < -0.4 is 4.74 Å². The van der Waals surface area contributed by atoms with Gasteiger partial charge in [-0.1, -0.05) is 0 Å². The van der Waals surface area contributed by atoms with E-state index >= 15 is 0 Å². The Balaban J connectivity index is 2.64. The van der Waals surface area contributed by atoms with Gasteiger partial charge in [0.2, 0.25) is 0 Å². The number of carbonyl (C=O) groups is 1. The number of aliphatic carboxylic acids is 1. The number of rotatable bonds is 3. The molecule has 0 aliphatic heterocycles. The van der Waals surface area contributed by atoms with Crippen molar-refractivity contribution >= 4 is 5.97 Å². The minimum atomic E-state index is -1.04. The topological polar surface area (TPSA) is 72.3 Å². The van der Waals surface area contributed by atoms with E-state index < -0.39 is 12.1 Å². The first-order chi connectivity index (χ1) is 6.09. The lowest BCUT2D eigenvalue weighted by Gasteiger charge is -2.07. The second-order valence-electron chi connectivity index (χ2n) is 2.64. The van der Waals surface area contributed by atoms with Gasteiger partial charge in [-0.25, -0.2) is 14.8 Å². The number of hydrogen-bond acceptors (Lipinski definition) is 4. The van der Waals surface area contributed by atoms with Crippen molar-refractivity contribution in [2.24, 2.45) is 0 Å². The molecule has 0 aromatic carbocycles. The van der Waals surface area contributed by atoms with Crippen molar-refractivity contribution in [3.8, 4) is 6.01 Å². The zero-order chi connectivity index (χ0) is 9.84. The molecule has 1 unspecified atom stereocenters. The van der Waals surface area contributed by atoms with Gasteiger partial charge in [-0.3, -0.25) is 0 Å². The largest absolute Gasteiger partial charge is 0.479 e. The second-order valence-corrected chi connectivity index (χ2v) is 2.64. The summed E-state index contributed by atoms with van der Waals surface area (Å²) >= 11 is 0. The van der Waals surface area contributed by atoms with Crippen molar-refractivity contribution < 1.29 is 14.6 Å². The molecule has 0 radical (unpaired) electrons. The zero-order valence-electron chi connectivity index (χ0n) is 7.39. The molecule has 0 saturated carbocycles. The molecule has 13 heavy (non-hydrogen) atoms. The maximum absolute atomic E-state index is 10.4. The standard InChI is InChI=1S/C8H10N2O3/c1-5-3-9-8(10-4-5)13-6(2)7(11)12/h3-4,6H,1-2H3,(H,11,12). The summed E-state index contributed by atoms with van der Waals surface area (Å²) in [4.78, 5) is 18.0. The highest BCUT2D eigenvalue weighted by Gasteiger charge is 2.13. The molecule has 1 rings (SSSR count). The van der Waals surface area contributed by atoms with Crippen molar-refractivity contribution in [1.82, 2.24) is 9.97 Å². The molecule has 0 aliphatic rings. The van der Waals surface area contributed by atoms with Gasteiger partial charge >= 0.3 is 12.0 Å². The molecule has 0 spiro atoms. The Bertz CT molecular complexity index is 297. The first-order valence-electron chi connectivity index (χ1n) is 3.77. The molecule has 0 bridgehead atoms. The van der Waals surface area contributed by atoms with E-state index in [2.05, 4.69) is 9.97 Å². The van der Waals surface area contributed by atoms with Crippen molar-refractivity contribution in [3.05, 3.63) is 18.0 Å². The summed E-state index contributed by atoms with van der Waals surface area (Å²) in [6, 6.07) is 0.0838. The van der Waals surface area contributed by atoms with E-state index in [4.69, 9.17) is 9.84 Å². The van der Waals surface area contributed by atoms with E-state index in [0.717, 1.165) is 5.56 Å². The molecular weight excluding hydrogens is 172 g/mol. The number of carboxylic acid groups (broad SMARTS) is 1. The summed E-state index contributed by atoms with van der Waals surface area (Å²) < 4.78 is 4.91. The van der Waals surface area contributed by atoms with Crippen LogP contribution in [-0.4, -0.2) is 27.1 Å². The highest BCUT2D eigenvalue weighted by Crippen LogP contribution is 2.03. The van der Waals surface area contributed by atoms with Gasteiger partial charge < -0.3 is 9.84 Å². The Morgan fingerprint density at radius 1 is 1.54 bits per heavy atom. The number of aryl methyl sites for hydroxylation is 1. The Labute approximate surface area is 75.4 Å². The number of hydrogen-bond donors (Lipinski definition) is 1. The lowest BCUT2D eigenvalue weighted by atomic mass is 10.4. The molecule has 0 aliphatic carbocycles. The van der Waals surface area contributed by atoms with Crippen LogP contribution in [0.4, 0.5) is 0 Å². The third kappa shape index (κ3) is 2.70. The maximum Gasteiger partial charge on any atom is 0.344 e. The third-order valence-electron chi connectivity index (χ3n) is 1.39. The van der Waals surface area contributed by atoms with Crippen LogP contribution in [-0.2, 0) is 4.79 Å². The number of aromatic nitrogens is 2. The minimum Gasteiger partial charge on any atom is -0.479 e. The summed E-state index contributed by atoms with van der Waals surface area (Å²) in [5, 5.41) is 8.52. The van der Waals surface area contributed by atoms with Crippen molar-refractivity contribution in [1.29, 1.82) is 0 Å². The van der Waals surface area contributed by atoms with Crippen LogP contribution in [0, 0.1) is 6.92 Å². The summed E-state index contributed by atoms with van der Waals surface area (Å²) in [5.41, 5.74) is 0.898. The molecule has 1 aromatic heterocycles. The Hall–Kier alpha value is -1.65. The van der Waals surface area contributed by atoms with Gasteiger partial charge in [0.05, 0.1) is 0 Å². The normalized spacial score (nSPS) is 12.2. The fraction of sp³-hybridized carbons (Fsp3) is 0.375. The van der Waals surface area contributed by atoms with Crippen molar-refractivity contribution in [2.45, 2.75) is 20.0 Å². The minimum absolute atomic E-state index is 0.0838. The average molecular weight is 182 g/mol. The van der Waals surface area contributed by atoms with E-state index in [9.17, 15) is 4.79 Å². The van der Waals surface area contributed by atoms with Crippen LogP contribution in [0.3, 0.4) is 0 Å². The van der Waals surface area contributed by atoms with Crippen LogP contribution in [0.25, 0.3) is 0 Å². The van der Waals surface area contributed by atoms with Crippen LogP contribution in [0.5, 0.6) is 6.01 Å². The maximum atomic E-state index is 10.4. The summed E-state index contributed by atoms with van der Waals surface area (Å²) in [6.45, 7) is 3.26. The van der Waals surface area contributed by atoms with Gasteiger partial charge in [-0.05, 0) is 19.4 Å². The predicted molar refractivity (Wildman–Crippen MR) is 44.5 cm³/mol. The molecule has 0 amide bonds. The van der Waals surface area contributed by atoms with Crippen LogP contribution in [0.1, 0.15) is 12.5 Å². The molecule has 70 valence electrons. The summed E-state index contributed by atoms with van der Waals surface area (Å²) in [5.74, 6) is -1.04. The van der Waals surface area contributed by atoms with Crippen molar-refractivity contribution in [2.75, 3.05) is 0 Å². The highest BCUT2D eigenvalue weighted by atomic mass is 16.5. The predicted octanol–water partition coefficient (Wildman–Crippen LogP) is 0.637. The van der Waals surface area contributed by atoms with Gasteiger partial charge in [0.25, 0.3) is 0 Å². The number of nitrogens with zero attached hydrogens (tertiary/aromatic N) is 2. The lowest BCUT2D eigenvalue weighted by Crippen LogP contribution is -2.23. The molecule has 0 saturated heterocycles. The summed E-state index contributed by atoms with van der Waals surface area (Å²) in [6.07, 6.45) is 2.20. The van der Waals surface area contributed by atoms with E-state index in [1.165, 1.54) is 6.92 Å². The average Bonchev–Trinajstić information content (AvgIpc) is 2.08.